The second kappa shape index (κ2) is 61.7. The summed E-state index contributed by atoms with van der Waals surface area (Å²) in [4.78, 5) is 35.8. The summed E-state index contributed by atoms with van der Waals surface area (Å²) < 4.78 is 34.7. The van der Waals surface area contributed by atoms with E-state index in [0.717, 1.165) is 122 Å². The molecule has 0 amide bonds. The smallest absolute Gasteiger partial charge is 0.462 e. The lowest BCUT2D eigenvalue weighted by atomic mass is 10.0. The average molecular weight is 1160 g/mol. The maximum atomic E-state index is 12.9. The van der Waals surface area contributed by atoms with Crippen molar-refractivity contribution in [3.05, 3.63) is 134 Å². The number of carbonyl (C=O) groups is 2. The maximum Gasteiger partial charge on any atom is 0.472 e. The van der Waals surface area contributed by atoms with Gasteiger partial charge < -0.3 is 18.9 Å². The summed E-state index contributed by atoms with van der Waals surface area (Å²) in [6.45, 7) is 4.20. The third-order valence-electron chi connectivity index (χ3n) is 13.7. The van der Waals surface area contributed by atoms with Crippen LogP contribution in [0.25, 0.3) is 0 Å². The third-order valence-corrected chi connectivity index (χ3v) is 14.7. The van der Waals surface area contributed by atoms with Gasteiger partial charge in [-0.3, -0.25) is 18.6 Å². The number of ether oxygens (including phenoxy) is 2. The molecule has 0 aromatic heterocycles. The van der Waals surface area contributed by atoms with E-state index in [1.165, 1.54) is 103 Å². The number of likely N-dealkylation sites (N-methyl/N-ethyl adjacent to an activating group) is 1. The lowest BCUT2D eigenvalue weighted by molar-refractivity contribution is -0.870. The summed E-state index contributed by atoms with van der Waals surface area (Å²) in [5, 5.41) is 0. The highest BCUT2D eigenvalue weighted by Crippen LogP contribution is 2.43. The SMILES string of the molecule is CC/C=C\C/C=C\C/C=C\C/C=C\C/C=C\C/C=C\CCCCCCCCCCCCCCCCC(=O)OC(COC(=O)CCCCCCCCCCC/C=C\C/C=C\C/C=C\C/C=C\C/C=C\CC)COP(=O)(O)OCC[N+](C)(C)C. The van der Waals surface area contributed by atoms with Gasteiger partial charge in [-0.15, -0.1) is 0 Å². The molecule has 0 saturated heterocycles. The Morgan fingerprint density at radius 1 is 0.378 bits per heavy atom. The molecule has 0 spiro atoms. The van der Waals surface area contributed by atoms with Crippen LogP contribution in [-0.2, 0) is 32.7 Å². The third kappa shape index (κ3) is 65.3. The molecule has 2 atom stereocenters. The molecule has 1 N–H and O–H groups in total. The topological polar surface area (TPSA) is 108 Å². The summed E-state index contributed by atoms with van der Waals surface area (Å²) in [7, 11) is 1.46. The van der Waals surface area contributed by atoms with Gasteiger partial charge in [0.15, 0.2) is 6.10 Å². The fourth-order valence-electron chi connectivity index (χ4n) is 8.69. The zero-order chi connectivity index (χ0) is 59.8. The molecular weight excluding hydrogens is 1040 g/mol. The normalized spacial score (nSPS) is 14.1. The highest BCUT2D eigenvalue weighted by atomic mass is 31.2. The van der Waals surface area contributed by atoms with Crippen LogP contribution in [0, 0.1) is 0 Å². The zero-order valence-corrected chi connectivity index (χ0v) is 54.1. The molecule has 0 heterocycles. The Morgan fingerprint density at radius 2 is 0.659 bits per heavy atom. The summed E-state index contributed by atoms with van der Waals surface area (Å²) in [6.07, 6.45) is 89.6. The summed E-state index contributed by atoms with van der Waals surface area (Å²) >= 11 is 0. The van der Waals surface area contributed by atoms with E-state index < -0.39 is 26.5 Å². The Balaban J connectivity index is 4.12. The highest BCUT2D eigenvalue weighted by molar-refractivity contribution is 7.47. The minimum Gasteiger partial charge on any atom is -0.462 e. The average Bonchev–Trinajstić information content (AvgIpc) is 3.46. The van der Waals surface area contributed by atoms with Gasteiger partial charge in [0.2, 0.25) is 0 Å². The molecule has 2 unspecified atom stereocenters. The molecule has 10 heteroatoms. The van der Waals surface area contributed by atoms with Gasteiger partial charge >= 0.3 is 19.8 Å². The lowest BCUT2D eigenvalue weighted by Crippen LogP contribution is -2.37. The van der Waals surface area contributed by atoms with Crippen molar-refractivity contribution in [2.45, 2.75) is 264 Å². The Hall–Kier alpha value is -3.85. The van der Waals surface area contributed by atoms with Crippen LogP contribution in [0.15, 0.2) is 134 Å². The number of phosphoric ester groups is 1. The molecule has 9 nitrogen and oxygen atoms in total. The highest BCUT2D eigenvalue weighted by Gasteiger charge is 2.27. The van der Waals surface area contributed by atoms with Crippen LogP contribution in [0.2, 0.25) is 0 Å². The van der Waals surface area contributed by atoms with E-state index in [1.54, 1.807) is 0 Å². The number of hydrogen-bond donors (Lipinski definition) is 1. The van der Waals surface area contributed by atoms with Crippen LogP contribution >= 0.6 is 7.82 Å². The lowest BCUT2D eigenvalue weighted by Gasteiger charge is -2.24. The number of carbonyl (C=O) groups excluding carboxylic acids is 2. The van der Waals surface area contributed by atoms with Crippen molar-refractivity contribution >= 4 is 19.8 Å². The van der Waals surface area contributed by atoms with E-state index in [0.29, 0.717) is 17.4 Å². The second-order valence-electron chi connectivity index (χ2n) is 22.7. The van der Waals surface area contributed by atoms with Crippen LogP contribution in [0.3, 0.4) is 0 Å². The fraction of sp³-hybridized carbons (Fsp3) is 0.667. The molecule has 468 valence electrons. The first-order chi connectivity index (χ1) is 40.0. The van der Waals surface area contributed by atoms with Gasteiger partial charge in [0.25, 0.3) is 0 Å². The van der Waals surface area contributed by atoms with Crippen molar-refractivity contribution in [3.63, 3.8) is 0 Å². The standard InChI is InChI=1S/C72H122NO8P/c1-6-8-10-12-14-16-18-20-22-24-26-28-30-32-33-34-35-36-37-38-39-41-43-45-47-49-51-53-55-57-59-61-63-65-72(75)81-70(69-80-82(76,77)79-67-66-73(3,4)5)68-78-71(74)64-62-60-58-56-54-52-50-48-46-44-42-40-31-29-27-25-23-21-19-17-15-13-11-9-7-2/h8-11,14-17,20-23,26-29,32-33,35-36,40,42,70H,6-7,12-13,18-19,24-25,30-31,34,37-39,41,43-69H2,1-5H3/p+1/b10-8-,11-9-,16-14-,17-15-,22-20-,23-21-,28-26-,29-27-,33-32-,36-35-,42-40-. The molecule has 0 aromatic rings. The van der Waals surface area contributed by atoms with Crippen LogP contribution in [0.4, 0.5) is 0 Å². The molecule has 0 radical (unpaired) electrons. The Morgan fingerprint density at radius 3 is 0.976 bits per heavy atom. The van der Waals surface area contributed by atoms with Crippen molar-refractivity contribution in [1.29, 1.82) is 0 Å². The first-order valence-electron chi connectivity index (χ1n) is 32.9. The molecule has 0 aliphatic rings. The van der Waals surface area contributed by atoms with Crippen LogP contribution in [0.5, 0.6) is 0 Å². The Labute approximate surface area is 504 Å². The van der Waals surface area contributed by atoms with Gasteiger partial charge in [0.05, 0.1) is 27.7 Å². The maximum absolute atomic E-state index is 12.9. The van der Waals surface area contributed by atoms with Gasteiger partial charge in [-0.05, 0) is 109 Å². The van der Waals surface area contributed by atoms with E-state index in [-0.39, 0.29) is 32.0 Å². The van der Waals surface area contributed by atoms with Gasteiger partial charge in [0.1, 0.15) is 19.8 Å². The van der Waals surface area contributed by atoms with Crippen molar-refractivity contribution in [2.75, 3.05) is 47.5 Å². The van der Waals surface area contributed by atoms with E-state index in [9.17, 15) is 19.0 Å². The molecule has 0 aliphatic carbocycles. The Kier molecular flexibility index (Phi) is 58.8. The molecular formula is C72H123NO8P+. The molecule has 0 bridgehead atoms. The quantitative estimate of drug-likeness (QED) is 0.0211. The number of unbranched alkanes of at least 4 members (excludes halogenated alkanes) is 23. The number of quaternary nitrogens is 1. The monoisotopic (exact) mass is 1160 g/mol. The molecule has 82 heavy (non-hydrogen) atoms. The van der Waals surface area contributed by atoms with Gasteiger partial charge in [-0.1, -0.05) is 270 Å². The van der Waals surface area contributed by atoms with E-state index in [1.807, 2.05) is 21.1 Å². The minimum atomic E-state index is -4.40. The minimum absolute atomic E-state index is 0.0247. The second-order valence-corrected chi connectivity index (χ2v) is 24.2. The first kappa shape index (κ1) is 78.1. The molecule has 0 aliphatic heterocycles. The number of phosphoric acid groups is 1. The first-order valence-corrected chi connectivity index (χ1v) is 34.4. The number of hydrogen-bond acceptors (Lipinski definition) is 7. The van der Waals surface area contributed by atoms with Gasteiger partial charge in [-0.2, -0.15) is 0 Å². The molecule has 0 fully saturated rings. The fourth-order valence-corrected chi connectivity index (χ4v) is 9.44. The summed E-state index contributed by atoms with van der Waals surface area (Å²) in [6, 6.07) is 0. The summed E-state index contributed by atoms with van der Waals surface area (Å²) in [5.41, 5.74) is 0. The van der Waals surface area contributed by atoms with Crippen molar-refractivity contribution in [3.8, 4) is 0 Å². The largest absolute Gasteiger partial charge is 0.472 e. The van der Waals surface area contributed by atoms with E-state index in [2.05, 4.69) is 148 Å². The number of allylic oxidation sites excluding steroid dienone is 22. The summed E-state index contributed by atoms with van der Waals surface area (Å²) in [5.74, 6) is -0.808. The van der Waals surface area contributed by atoms with Crippen molar-refractivity contribution < 1.29 is 42.1 Å². The van der Waals surface area contributed by atoms with E-state index >= 15 is 0 Å². The predicted octanol–water partition coefficient (Wildman–Crippen LogP) is 21.3. The van der Waals surface area contributed by atoms with Crippen molar-refractivity contribution in [2.24, 2.45) is 0 Å². The Bertz CT molecular complexity index is 1850. The molecule has 0 aromatic carbocycles. The van der Waals surface area contributed by atoms with Crippen LogP contribution < -0.4 is 0 Å². The van der Waals surface area contributed by atoms with Gasteiger partial charge in [0, 0.05) is 12.8 Å². The number of rotatable bonds is 59. The van der Waals surface area contributed by atoms with Crippen molar-refractivity contribution in [1.82, 2.24) is 0 Å². The zero-order valence-electron chi connectivity index (χ0n) is 53.2. The number of esters is 2. The molecule has 0 rings (SSSR count). The van der Waals surface area contributed by atoms with Crippen LogP contribution in [-0.4, -0.2) is 74.9 Å². The number of nitrogens with zero attached hydrogens (tertiary/aromatic N) is 1. The van der Waals surface area contributed by atoms with Gasteiger partial charge in [-0.25, -0.2) is 4.57 Å². The van der Waals surface area contributed by atoms with Crippen LogP contribution in [0.1, 0.15) is 258 Å². The predicted molar refractivity (Wildman–Crippen MR) is 353 cm³/mol. The van der Waals surface area contributed by atoms with E-state index in [4.69, 9.17) is 18.5 Å². The molecule has 0 saturated carbocycles.